The minimum Gasteiger partial charge on any atom is -0.465 e. The molecule has 0 fully saturated rings. The average Bonchev–Trinajstić information content (AvgIpc) is 3.03. The largest absolute Gasteiger partial charge is 0.465 e. The zero-order valence-corrected chi connectivity index (χ0v) is 19.4. The molecule has 31 heavy (non-hydrogen) atoms. The first-order chi connectivity index (χ1) is 14.6. The number of carbonyl (C=O) groups excluding carboxylic acids is 2. The second-order valence-corrected chi connectivity index (χ2v) is 10.4. The molecule has 0 saturated heterocycles. The second-order valence-electron chi connectivity index (χ2n) is 7.37. The lowest BCUT2D eigenvalue weighted by atomic mass is 10.0. The van der Waals surface area contributed by atoms with E-state index in [4.69, 9.17) is 4.74 Å². The predicted molar refractivity (Wildman–Crippen MR) is 120 cm³/mol. The molecule has 0 spiro atoms. The second kappa shape index (κ2) is 9.15. The maximum atomic E-state index is 12.8. The van der Waals surface area contributed by atoms with Gasteiger partial charge in [0.15, 0.2) is 14.6 Å². The molecule has 9 heteroatoms. The van der Waals surface area contributed by atoms with Crippen LogP contribution in [0.3, 0.4) is 0 Å². The van der Waals surface area contributed by atoms with Gasteiger partial charge in [0.2, 0.25) is 0 Å². The van der Waals surface area contributed by atoms with E-state index in [1.807, 2.05) is 18.2 Å². The van der Waals surface area contributed by atoms with Crippen LogP contribution in [0, 0.1) is 0 Å². The maximum absolute atomic E-state index is 12.8. The standard InChI is InChI=1S/C22H24N2O5S2/c1-5-29-20(25)13-24-18-11-8-16(14(2)3)12-19(18)30-22(24)23-21(26)15-6-9-17(10-7-15)31(4,27)28/h6-12,14H,5,13H2,1-4H3. The van der Waals surface area contributed by atoms with Crippen molar-refractivity contribution in [1.29, 1.82) is 0 Å². The summed E-state index contributed by atoms with van der Waals surface area (Å²) in [6.07, 6.45) is 1.11. The highest BCUT2D eigenvalue weighted by molar-refractivity contribution is 7.90. The van der Waals surface area contributed by atoms with Crippen LogP contribution in [0.15, 0.2) is 52.4 Å². The summed E-state index contributed by atoms with van der Waals surface area (Å²) in [6, 6.07) is 11.6. The van der Waals surface area contributed by atoms with Crippen LogP contribution in [0.5, 0.6) is 0 Å². The van der Waals surface area contributed by atoms with Crippen molar-refractivity contribution in [3.05, 3.63) is 58.4 Å². The number of carbonyl (C=O) groups is 2. The minimum absolute atomic E-state index is 0.0615. The van der Waals surface area contributed by atoms with Gasteiger partial charge >= 0.3 is 5.97 Å². The first-order valence-corrected chi connectivity index (χ1v) is 12.5. The molecule has 1 heterocycles. The van der Waals surface area contributed by atoms with Gasteiger partial charge in [0.05, 0.1) is 21.7 Å². The molecule has 0 bridgehead atoms. The Bertz CT molecular complexity index is 1300. The fraction of sp³-hybridized carbons (Fsp3) is 0.318. The average molecular weight is 461 g/mol. The van der Waals surface area contributed by atoms with E-state index < -0.39 is 21.7 Å². The van der Waals surface area contributed by atoms with E-state index in [2.05, 4.69) is 18.8 Å². The first kappa shape index (κ1) is 22.9. The van der Waals surface area contributed by atoms with E-state index in [0.29, 0.717) is 10.7 Å². The molecule has 3 aromatic rings. The monoisotopic (exact) mass is 460 g/mol. The molecule has 0 aliphatic rings. The van der Waals surface area contributed by atoms with Crippen LogP contribution in [-0.2, 0) is 25.9 Å². The van der Waals surface area contributed by atoms with Crippen molar-refractivity contribution in [2.24, 2.45) is 4.99 Å². The van der Waals surface area contributed by atoms with E-state index >= 15 is 0 Å². The summed E-state index contributed by atoms with van der Waals surface area (Å²) in [5.74, 6) is -0.602. The molecule has 0 radical (unpaired) electrons. The molecule has 7 nitrogen and oxygen atoms in total. The van der Waals surface area contributed by atoms with E-state index in [1.165, 1.54) is 35.6 Å². The van der Waals surface area contributed by atoms with Gasteiger partial charge in [-0.15, -0.1) is 0 Å². The SMILES string of the molecule is CCOC(=O)Cn1c(=NC(=O)c2ccc(S(C)(=O)=O)cc2)sc2cc(C(C)C)ccc21. The lowest BCUT2D eigenvalue weighted by Crippen LogP contribution is -2.23. The van der Waals surface area contributed by atoms with Gasteiger partial charge < -0.3 is 9.30 Å². The van der Waals surface area contributed by atoms with Crippen LogP contribution < -0.4 is 4.80 Å². The van der Waals surface area contributed by atoms with Crippen LogP contribution in [0.4, 0.5) is 0 Å². The zero-order chi connectivity index (χ0) is 22.8. The Balaban J connectivity index is 2.08. The number of esters is 1. The molecule has 164 valence electrons. The molecule has 2 aromatic carbocycles. The van der Waals surface area contributed by atoms with Crippen LogP contribution >= 0.6 is 11.3 Å². The third kappa shape index (κ3) is 5.29. The number of sulfone groups is 1. The van der Waals surface area contributed by atoms with Crippen molar-refractivity contribution in [3.8, 4) is 0 Å². The molecular weight excluding hydrogens is 436 g/mol. The topological polar surface area (TPSA) is 94.8 Å². The summed E-state index contributed by atoms with van der Waals surface area (Å²) >= 11 is 1.32. The molecule has 1 aromatic heterocycles. The van der Waals surface area contributed by atoms with Gasteiger partial charge in [-0.3, -0.25) is 9.59 Å². The zero-order valence-electron chi connectivity index (χ0n) is 17.8. The van der Waals surface area contributed by atoms with Crippen molar-refractivity contribution in [3.63, 3.8) is 0 Å². The van der Waals surface area contributed by atoms with E-state index in [0.717, 1.165) is 22.0 Å². The Morgan fingerprint density at radius 1 is 1.13 bits per heavy atom. The van der Waals surface area contributed by atoms with Gasteiger partial charge in [0.25, 0.3) is 5.91 Å². The highest BCUT2D eigenvalue weighted by atomic mass is 32.2. The van der Waals surface area contributed by atoms with Crippen LogP contribution in [0.1, 0.15) is 42.6 Å². The highest BCUT2D eigenvalue weighted by Crippen LogP contribution is 2.24. The van der Waals surface area contributed by atoms with Crippen LogP contribution in [0.25, 0.3) is 10.2 Å². The number of nitrogens with zero attached hydrogens (tertiary/aromatic N) is 2. The lowest BCUT2D eigenvalue weighted by Gasteiger charge is -2.07. The smallest absolute Gasteiger partial charge is 0.326 e. The van der Waals surface area contributed by atoms with Crippen molar-refractivity contribution in [2.75, 3.05) is 12.9 Å². The van der Waals surface area contributed by atoms with Gasteiger partial charge in [-0.1, -0.05) is 31.3 Å². The lowest BCUT2D eigenvalue weighted by molar-refractivity contribution is -0.143. The number of hydrogen-bond acceptors (Lipinski definition) is 6. The molecule has 1 amide bonds. The Labute approximate surface area is 184 Å². The minimum atomic E-state index is -3.35. The summed E-state index contributed by atoms with van der Waals surface area (Å²) in [7, 11) is -3.35. The number of thiazole rings is 1. The third-order valence-corrected chi connectivity index (χ3v) is 6.86. The first-order valence-electron chi connectivity index (χ1n) is 9.78. The molecule has 0 saturated carbocycles. The number of hydrogen-bond donors (Lipinski definition) is 0. The van der Waals surface area contributed by atoms with E-state index in [9.17, 15) is 18.0 Å². The quantitative estimate of drug-likeness (QED) is 0.525. The van der Waals surface area contributed by atoms with Crippen molar-refractivity contribution in [2.45, 2.75) is 38.1 Å². The fourth-order valence-corrected chi connectivity index (χ4v) is 4.73. The number of amides is 1. The predicted octanol–water partition coefficient (Wildman–Crippen LogP) is 3.53. The number of aromatic nitrogens is 1. The van der Waals surface area contributed by atoms with Crippen LogP contribution in [-0.4, -0.2) is 37.7 Å². The van der Waals surface area contributed by atoms with Crippen molar-refractivity contribution >= 4 is 43.3 Å². The molecule has 3 rings (SSSR count). The van der Waals surface area contributed by atoms with Crippen LogP contribution in [0.2, 0.25) is 0 Å². The number of fused-ring (bicyclic) bond motifs is 1. The van der Waals surface area contributed by atoms with Gasteiger partial charge in [-0.2, -0.15) is 4.99 Å². The Hall–Kier alpha value is -2.78. The molecule has 0 unspecified atom stereocenters. The summed E-state index contributed by atoms with van der Waals surface area (Å²) in [6.45, 7) is 6.12. The number of ether oxygens (including phenoxy) is 1. The van der Waals surface area contributed by atoms with Gasteiger partial charge in [-0.05, 0) is 54.8 Å². The van der Waals surface area contributed by atoms with E-state index in [1.54, 1.807) is 11.5 Å². The normalized spacial score (nSPS) is 12.5. The Morgan fingerprint density at radius 3 is 2.39 bits per heavy atom. The Kier molecular flexibility index (Phi) is 6.76. The van der Waals surface area contributed by atoms with Gasteiger partial charge in [0.1, 0.15) is 6.54 Å². The molecular formula is C22H24N2O5S2. The molecule has 0 aliphatic carbocycles. The van der Waals surface area contributed by atoms with Crippen molar-refractivity contribution < 1.29 is 22.7 Å². The summed E-state index contributed by atoms with van der Waals surface area (Å²) in [5.41, 5.74) is 2.20. The summed E-state index contributed by atoms with van der Waals surface area (Å²) in [4.78, 5) is 29.6. The number of benzene rings is 2. The molecule has 0 aliphatic heterocycles. The van der Waals surface area contributed by atoms with E-state index in [-0.39, 0.29) is 23.6 Å². The summed E-state index contributed by atoms with van der Waals surface area (Å²) < 4.78 is 30.9. The summed E-state index contributed by atoms with van der Waals surface area (Å²) in [5, 5.41) is 0. The third-order valence-electron chi connectivity index (χ3n) is 4.69. The molecule has 0 N–H and O–H groups in total. The maximum Gasteiger partial charge on any atom is 0.326 e. The van der Waals surface area contributed by atoms with Gasteiger partial charge in [0, 0.05) is 11.8 Å². The molecule has 0 atom stereocenters. The van der Waals surface area contributed by atoms with Crippen molar-refractivity contribution in [1.82, 2.24) is 4.57 Å². The fourth-order valence-electron chi connectivity index (χ4n) is 3.02. The highest BCUT2D eigenvalue weighted by Gasteiger charge is 2.15. The van der Waals surface area contributed by atoms with Gasteiger partial charge in [-0.25, -0.2) is 8.42 Å². The number of rotatable bonds is 6. The Morgan fingerprint density at radius 2 is 1.81 bits per heavy atom.